The van der Waals surface area contributed by atoms with E-state index in [0.29, 0.717) is 6.54 Å². The summed E-state index contributed by atoms with van der Waals surface area (Å²) in [5.41, 5.74) is 0.838. The van der Waals surface area contributed by atoms with Gasteiger partial charge in [0.15, 0.2) is 0 Å². The van der Waals surface area contributed by atoms with Crippen LogP contribution in [0.25, 0.3) is 5.82 Å². The third kappa shape index (κ3) is 2.56. The van der Waals surface area contributed by atoms with E-state index in [1.165, 1.54) is 12.3 Å². The van der Waals surface area contributed by atoms with E-state index in [-0.39, 0.29) is 5.82 Å². The number of hydrogen-bond acceptors (Lipinski definition) is 3. The average molecular weight is 248 g/mol. The Labute approximate surface area is 106 Å². The van der Waals surface area contributed by atoms with Gasteiger partial charge in [-0.25, -0.2) is 14.4 Å². The Kier molecular flexibility index (Phi) is 4.04. The first kappa shape index (κ1) is 12.7. The summed E-state index contributed by atoms with van der Waals surface area (Å²) in [7, 11) is 0. The molecule has 0 atom stereocenters. The Morgan fingerprint density at radius 2 is 2.17 bits per heavy atom. The Balaban J connectivity index is 2.43. The van der Waals surface area contributed by atoms with Crippen LogP contribution in [0, 0.1) is 5.82 Å². The number of pyridine rings is 1. The monoisotopic (exact) mass is 248 g/mol. The third-order valence-corrected chi connectivity index (χ3v) is 2.74. The fourth-order valence-electron chi connectivity index (χ4n) is 1.87. The molecule has 0 saturated carbocycles. The molecule has 96 valence electrons. The summed E-state index contributed by atoms with van der Waals surface area (Å²) < 4.78 is 15.2. The van der Waals surface area contributed by atoms with Gasteiger partial charge in [-0.3, -0.25) is 4.57 Å². The number of aromatic nitrogens is 3. The number of imidazole rings is 1. The lowest BCUT2D eigenvalue weighted by Crippen LogP contribution is -2.15. The molecule has 2 heterocycles. The van der Waals surface area contributed by atoms with E-state index >= 15 is 0 Å². The molecule has 0 amide bonds. The number of halogens is 1. The van der Waals surface area contributed by atoms with E-state index in [1.54, 1.807) is 6.20 Å². The van der Waals surface area contributed by atoms with Gasteiger partial charge >= 0.3 is 0 Å². The van der Waals surface area contributed by atoms with Gasteiger partial charge in [0.25, 0.3) is 0 Å². The maximum Gasteiger partial charge on any atom is 0.142 e. The van der Waals surface area contributed by atoms with Crippen LogP contribution < -0.4 is 5.32 Å². The lowest BCUT2D eigenvalue weighted by Gasteiger charge is -2.11. The SMILES string of the molecule is CCNCc1cc(F)cnc1-n1ccnc1CC. The molecule has 4 nitrogen and oxygen atoms in total. The number of nitrogens with one attached hydrogen (secondary N) is 1. The van der Waals surface area contributed by atoms with Crippen molar-refractivity contribution in [2.24, 2.45) is 0 Å². The number of nitrogens with zero attached hydrogens (tertiary/aromatic N) is 3. The highest BCUT2D eigenvalue weighted by molar-refractivity contribution is 5.35. The Morgan fingerprint density at radius 1 is 1.33 bits per heavy atom. The van der Waals surface area contributed by atoms with Gasteiger partial charge in [-0.1, -0.05) is 13.8 Å². The van der Waals surface area contributed by atoms with Crippen LogP contribution in [-0.4, -0.2) is 21.1 Å². The van der Waals surface area contributed by atoms with Crippen LogP contribution in [0.5, 0.6) is 0 Å². The molecule has 0 aliphatic rings. The van der Waals surface area contributed by atoms with Crippen molar-refractivity contribution in [2.45, 2.75) is 26.8 Å². The molecule has 18 heavy (non-hydrogen) atoms. The maximum atomic E-state index is 13.3. The zero-order valence-electron chi connectivity index (χ0n) is 10.7. The minimum Gasteiger partial charge on any atom is -0.313 e. The summed E-state index contributed by atoms with van der Waals surface area (Å²) in [4.78, 5) is 8.45. The molecule has 0 spiro atoms. The van der Waals surface area contributed by atoms with Crippen molar-refractivity contribution in [1.82, 2.24) is 19.9 Å². The third-order valence-electron chi connectivity index (χ3n) is 2.74. The van der Waals surface area contributed by atoms with Gasteiger partial charge in [0.05, 0.1) is 6.20 Å². The van der Waals surface area contributed by atoms with Crippen molar-refractivity contribution in [3.05, 3.63) is 41.9 Å². The van der Waals surface area contributed by atoms with Crippen molar-refractivity contribution in [2.75, 3.05) is 6.54 Å². The lowest BCUT2D eigenvalue weighted by atomic mass is 10.2. The summed E-state index contributed by atoms with van der Waals surface area (Å²) in [6, 6.07) is 1.52. The van der Waals surface area contributed by atoms with Crippen molar-refractivity contribution in [3.63, 3.8) is 0 Å². The van der Waals surface area contributed by atoms with Gasteiger partial charge in [0.2, 0.25) is 0 Å². The Morgan fingerprint density at radius 3 is 2.89 bits per heavy atom. The normalized spacial score (nSPS) is 10.8. The van der Waals surface area contributed by atoms with Crippen LogP contribution in [0.3, 0.4) is 0 Å². The summed E-state index contributed by atoms with van der Waals surface area (Å²) in [6.45, 7) is 5.48. The lowest BCUT2D eigenvalue weighted by molar-refractivity contribution is 0.611. The van der Waals surface area contributed by atoms with Crippen LogP contribution in [0.1, 0.15) is 25.2 Å². The summed E-state index contributed by atoms with van der Waals surface area (Å²) in [6.07, 6.45) is 5.65. The van der Waals surface area contributed by atoms with Gasteiger partial charge in [-0.2, -0.15) is 0 Å². The van der Waals surface area contributed by atoms with Crippen molar-refractivity contribution < 1.29 is 4.39 Å². The molecular weight excluding hydrogens is 231 g/mol. The highest BCUT2D eigenvalue weighted by Gasteiger charge is 2.10. The van der Waals surface area contributed by atoms with Gasteiger partial charge in [0, 0.05) is 30.9 Å². The second-order valence-corrected chi connectivity index (χ2v) is 3.98. The first-order valence-corrected chi connectivity index (χ1v) is 6.14. The Hall–Kier alpha value is -1.75. The first-order chi connectivity index (χ1) is 8.76. The molecule has 1 N–H and O–H groups in total. The van der Waals surface area contributed by atoms with E-state index in [9.17, 15) is 4.39 Å². The molecule has 0 radical (unpaired) electrons. The first-order valence-electron chi connectivity index (χ1n) is 6.14. The molecule has 0 aliphatic carbocycles. The fourth-order valence-corrected chi connectivity index (χ4v) is 1.87. The summed E-state index contributed by atoms with van der Waals surface area (Å²) >= 11 is 0. The molecule has 2 rings (SSSR count). The molecule has 0 unspecified atom stereocenters. The van der Waals surface area contributed by atoms with Crippen LogP contribution in [-0.2, 0) is 13.0 Å². The predicted octanol–water partition coefficient (Wildman–Crippen LogP) is 2.08. The number of aryl methyl sites for hydroxylation is 1. The zero-order valence-corrected chi connectivity index (χ0v) is 10.7. The van der Waals surface area contributed by atoms with Crippen molar-refractivity contribution in [3.8, 4) is 5.82 Å². The molecule has 0 aliphatic heterocycles. The van der Waals surface area contributed by atoms with E-state index in [4.69, 9.17) is 0 Å². The largest absolute Gasteiger partial charge is 0.313 e. The smallest absolute Gasteiger partial charge is 0.142 e. The summed E-state index contributed by atoms with van der Waals surface area (Å²) in [5.74, 6) is 1.35. The van der Waals surface area contributed by atoms with Crippen LogP contribution in [0.4, 0.5) is 4.39 Å². The minimum absolute atomic E-state index is 0.315. The highest BCUT2D eigenvalue weighted by Crippen LogP contribution is 2.15. The minimum atomic E-state index is -0.315. The van der Waals surface area contributed by atoms with E-state index in [1.807, 2.05) is 24.6 Å². The van der Waals surface area contributed by atoms with Crippen LogP contribution in [0.15, 0.2) is 24.7 Å². The van der Waals surface area contributed by atoms with E-state index in [0.717, 1.165) is 30.2 Å². The molecule has 0 bridgehead atoms. The average Bonchev–Trinajstić information content (AvgIpc) is 2.84. The van der Waals surface area contributed by atoms with E-state index < -0.39 is 0 Å². The molecule has 0 saturated heterocycles. The molecule has 0 fully saturated rings. The molecule has 0 aromatic carbocycles. The zero-order chi connectivity index (χ0) is 13.0. The van der Waals surface area contributed by atoms with Crippen LogP contribution >= 0.6 is 0 Å². The molecule has 2 aromatic heterocycles. The topological polar surface area (TPSA) is 42.7 Å². The molecule has 5 heteroatoms. The predicted molar refractivity (Wildman–Crippen MR) is 68.1 cm³/mol. The van der Waals surface area contributed by atoms with E-state index in [2.05, 4.69) is 15.3 Å². The van der Waals surface area contributed by atoms with Gasteiger partial charge in [-0.15, -0.1) is 0 Å². The fraction of sp³-hybridized carbons (Fsp3) is 0.385. The summed E-state index contributed by atoms with van der Waals surface area (Å²) in [5, 5.41) is 3.19. The quantitative estimate of drug-likeness (QED) is 0.881. The standard InChI is InChI=1S/C13H17FN4/c1-3-12-16-5-6-18(12)13-10(8-15-4-2)7-11(14)9-17-13/h5-7,9,15H,3-4,8H2,1-2H3. The maximum absolute atomic E-state index is 13.3. The number of hydrogen-bond donors (Lipinski definition) is 1. The van der Waals surface area contributed by atoms with Crippen LogP contribution in [0.2, 0.25) is 0 Å². The second kappa shape index (κ2) is 5.73. The van der Waals surface area contributed by atoms with Gasteiger partial charge < -0.3 is 5.32 Å². The van der Waals surface area contributed by atoms with Crippen molar-refractivity contribution >= 4 is 0 Å². The molecule has 2 aromatic rings. The van der Waals surface area contributed by atoms with Gasteiger partial charge in [0.1, 0.15) is 17.5 Å². The Bertz CT molecular complexity index is 521. The molecular formula is C13H17FN4. The highest BCUT2D eigenvalue weighted by atomic mass is 19.1. The second-order valence-electron chi connectivity index (χ2n) is 3.98. The number of rotatable bonds is 5. The van der Waals surface area contributed by atoms with Crippen molar-refractivity contribution in [1.29, 1.82) is 0 Å². The van der Waals surface area contributed by atoms with Gasteiger partial charge in [-0.05, 0) is 12.6 Å².